The van der Waals surface area contributed by atoms with E-state index in [4.69, 9.17) is 9.47 Å². The van der Waals surface area contributed by atoms with Crippen LogP contribution in [0.2, 0.25) is 0 Å². The number of benzene rings is 1. The lowest BCUT2D eigenvalue weighted by Crippen LogP contribution is -2.10. The van der Waals surface area contributed by atoms with E-state index in [0.29, 0.717) is 18.8 Å². The first-order valence-corrected chi connectivity index (χ1v) is 12.0. The van der Waals surface area contributed by atoms with Crippen LogP contribution in [0.1, 0.15) is 108 Å². The number of hydrogen-bond donors (Lipinski definition) is 0. The Hall–Kier alpha value is -1.84. The Labute approximate surface area is 183 Å². The van der Waals surface area contributed by atoms with Crippen LogP contribution in [-0.4, -0.2) is 18.5 Å². The molecule has 0 aliphatic rings. The van der Waals surface area contributed by atoms with Crippen LogP contribution in [0.5, 0.6) is 5.75 Å². The second-order valence-electron chi connectivity index (χ2n) is 8.33. The Bertz CT molecular complexity index is 609. The Morgan fingerprint density at radius 2 is 1.27 bits per heavy atom. The first-order valence-electron chi connectivity index (χ1n) is 12.0. The summed E-state index contributed by atoms with van der Waals surface area (Å²) in [5.74, 6) is 0.0274. The van der Waals surface area contributed by atoms with Crippen LogP contribution < -0.4 is 4.74 Å². The number of hydrogen-bond acceptors (Lipinski definition) is 4. The van der Waals surface area contributed by atoms with Crippen LogP contribution in [0.3, 0.4) is 0 Å². The van der Waals surface area contributed by atoms with Crippen LogP contribution in [-0.2, 0) is 14.3 Å². The van der Waals surface area contributed by atoms with Gasteiger partial charge in [0.1, 0.15) is 5.75 Å². The van der Waals surface area contributed by atoms with Crippen molar-refractivity contribution in [3.63, 3.8) is 0 Å². The predicted octanol–water partition coefficient (Wildman–Crippen LogP) is 7.23. The third-order valence-electron chi connectivity index (χ3n) is 5.48. The van der Waals surface area contributed by atoms with E-state index >= 15 is 0 Å². The number of carbonyl (C=O) groups is 2. The number of esters is 2. The van der Waals surface area contributed by atoms with Gasteiger partial charge in [0.15, 0.2) is 0 Å². The first-order chi connectivity index (χ1) is 14.5. The zero-order valence-corrected chi connectivity index (χ0v) is 19.5. The molecule has 1 aromatic rings. The average Bonchev–Trinajstić information content (AvgIpc) is 2.71. The molecule has 170 valence electrons. The molecule has 0 aliphatic carbocycles. The third kappa shape index (κ3) is 13.4. The van der Waals surface area contributed by atoms with Crippen molar-refractivity contribution in [2.24, 2.45) is 0 Å². The second kappa shape index (κ2) is 16.9. The minimum atomic E-state index is -0.309. The molecule has 0 N–H and O–H groups in total. The molecule has 0 amide bonds. The smallest absolute Gasteiger partial charge is 0.311 e. The molecule has 0 spiro atoms. The van der Waals surface area contributed by atoms with Gasteiger partial charge in [0, 0.05) is 12.8 Å². The van der Waals surface area contributed by atoms with E-state index in [0.717, 1.165) is 24.0 Å². The summed E-state index contributed by atoms with van der Waals surface area (Å²) in [4.78, 5) is 23.7. The van der Waals surface area contributed by atoms with Crippen molar-refractivity contribution in [1.82, 2.24) is 0 Å². The van der Waals surface area contributed by atoms with Crippen LogP contribution in [0.15, 0.2) is 18.2 Å². The van der Waals surface area contributed by atoms with E-state index in [1.165, 1.54) is 57.8 Å². The van der Waals surface area contributed by atoms with Crippen molar-refractivity contribution in [2.75, 3.05) is 6.61 Å². The molecule has 1 aromatic carbocycles. The van der Waals surface area contributed by atoms with Crippen molar-refractivity contribution in [3.05, 3.63) is 29.3 Å². The van der Waals surface area contributed by atoms with Gasteiger partial charge in [-0.05, 0) is 49.9 Å². The fourth-order valence-corrected chi connectivity index (χ4v) is 3.36. The van der Waals surface area contributed by atoms with Gasteiger partial charge < -0.3 is 9.47 Å². The highest BCUT2D eigenvalue weighted by atomic mass is 16.5. The lowest BCUT2D eigenvalue weighted by atomic mass is 10.1. The zero-order valence-electron chi connectivity index (χ0n) is 19.5. The van der Waals surface area contributed by atoms with Gasteiger partial charge in [-0.25, -0.2) is 0 Å². The molecular weight excluding hydrogens is 376 g/mol. The molecular formula is C26H42O4. The van der Waals surface area contributed by atoms with Crippen LogP contribution >= 0.6 is 0 Å². The number of unbranched alkanes of at least 4 members (excludes halogenated alkanes) is 10. The molecule has 0 heterocycles. The molecule has 0 atom stereocenters. The standard InChI is InChI=1S/C26H42O4/c1-4-5-6-7-8-9-10-11-12-13-14-20-29-25(27)16-15-17-26(28)30-24-19-18-22(2)23(3)21-24/h18-19,21H,4-17,20H2,1-3H3. The summed E-state index contributed by atoms with van der Waals surface area (Å²) >= 11 is 0. The number of aryl methyl sites for hydroxylation is 2. The zero-order chi connectivity index (χ0) is 22.0. The van der Waals surface area contributed by atoms with Gasteiger partial charge in [-0.15, -0.1) is 0 Å². The largest absolute Gasteiger partial charge is 0.466 e. The molecule has 4 nitrogen and oxygen atoms in total. The molecule has 0 saturated carbocycles. The normalized spacial score (nSPS) is 10.8. The molecule has 0 unspecified atom stereocenters. The van der Waals surface area contributed by atoms with E-state index in [9.17, 15) is 9.59 Å². The molecule has 0 radical (unpaired) electrons. The number of carbonyl (C=O) groups excluding carboxylic acids is 2. The van der Waals surface area contributed by atoms with Gasteiger partial charge in [-0.3, -0.25) is 9.59 Å². The summed E-state index contributed by atoms with van der Waals surface area (Å²) in [5, 5.41) is 0. The third-order valence-corrected chi connectivity index (χ3v) is 5.48. The summed E-state index contributed by atoms with van der Waals surface area (Å²) in [6, 6.07) is 5.58. The maximum Gasteiger partial charge on any atom is 0.311 e. The quantitative estimate of drug-likeness (QED) is 0.152. The van der Waals surface area contributed by atoms with E-state index in [1.807, 2.05) is 26.0 Å². The summed E-state index contributed by atoms with van der Waals surface area (Å²) in [6.45, 7) is 6.74. The lowest BCUT2D eigenvalue weighted by molar-refractivity contribution is -0.144. The molecule has 0 aromatic heterocycles. The van der Waals surface area contributed by atoms with Gasteiger partial charge in [-0.2, -0.15) is 0 Å². The van der Waals surface area contributed by atoms with E-state index in [2.05, 4.69) is 6.92 Å². The van der Waals surface area contributed by atoms with Crippen molar-refractivity contribution < 1.29 is 19.1 Å². The molecule has 0 bridgehead atoms. The van der Waals surface area contributed by atoms with Crippen molar-refractivity contribution in [2.45, 2.75) is 111 Å². The van der Waals surface area contributed by atoms with Gasteiger partial charge in [0.05, 0.1) is 6.61 Å². The SMILES string of the molecule is CCCCCCCCCCCCCOC(=O)CCCC(=O)Oc1ccc(C)c(C)c1. The molecule has 1 rings (SSSR count). The predicted molar refractivity (Wildman–Crippen MR) is 123 cm³/mol. The Balaban J connectivity index is 1.93. The molecule has 0 saturated heterocycles. The maximum absolute atomic E-state index is 11.9. The van der Waals surface area contributed by atoms with Crippen molar-refractivity contribution in [1.29, 1.82) is 0 Å². The van der Waals surface area contributed by atoms with E-state index in [1.54, 1.807) is 6.07 Å². The summed E-state index contributed by atoms with van der Waals surface area (Å²) in [6.07, 6.45) is 15.0. The van der Waals surface area contributed by atoms with Gasteiger partial charge >= 0.3 is 11.9 Å². The molecule has 0 aliphatic heterocycles. The fourth-order valence-electron chi connectivity index (χ4n) is 3.36. The van der Waals surface area contributed by atoms with Crippen LogP contribution in [0.25, 0.3) is 0 Å². The molecule has 4 heteroatoms. The molecule has 30 heavy (non-hydrogen) atoms. The highest BCUT2D eigenvalue weighted by molar-refractivity contribution is 5.74. The summed E-state index contributed by atoms with van der Waals surface area (Å²) < 4.78 is 10.6. The number of rotatable bonds is 17. The van der Waals surface area contributed by atoms with Crippen LogP contribution in [0.4, 0.5) is 0 Å². The van der Waals surface area contributed by atoms with Gasteiger partial charge in [0.25, 0.3) is 0 Å². The first kappa shape index (κ1) is 26.2. The average molecular weight is 419 g/mol. The summed E-state index contributed by atoms with van der Waals surface area (Å²) in [5.41, 5.74) is 2.25. The second-order valence-corrected chi connectivity index (χ2v) is 8.33. The van der Waals surface area contributed by atoms with Gasteiger partial charge in [0.2, 0.25) is 0 Å². The Kier molecular flexibility index (Phi) is 14.8. The van der Waals surface area contributed by atoms with Gasteiger partial charge in [-0.1, -0.05) is 77.2 Å². The monoisotopic (exact) mass is 418 g/mol. The highest BCUT2D eigenvalue weighted by Crippen LogP contribution is 2.17. The van der Waals surface area contributed by atoms with Crippen LogP contribution in [0, 0.1) is 13.8 Å². The maximum atomic E-state index is 11.9. The fraction of sp³-hybridized carbons (Fsp3) is 0.692. The van der Waals surface area contributed by atoms with Crippen molar-refractivity contribution in [3.8, 4) is 5.75 Å². The topological polar surface area (TPSA) is 52.6 Å². The minimum absolute atomic E-state index is 0.221. The van der Waals surface area contributed by atoms with E-state index in [-0.39, 0.29) is 24.8 Å². The van der Waals surface area contributed by atoms with E-state index < -0.39 is 0 Å². The minimum Gasteiger partial charge on any atom is -0.466 e. The Morgan fingerprint density at radius 3 is 1.87 bits per heavy atom. The highest BCUT2D eigenvalue weighted by Gasteiger charge is 2.09. The van der Waals surface area contributed by atoms with Crippen molar-refractivity contribution >= 4 is 11.9 Å². The Morgan fingerprint density at radius 1 is 0.700 bits per heavy atom. The lowest BCUT2D eigenvalue weighted by Gasteiger charge is -2.07. The number of ether oxygens (including phenoxy) is 2. The summed E-state index contributed by atoms with van der Waals surface area (Å²) in [7, 11) is 0. The molecule has 0 fully saturated rings.